The molecule has 2 unspecified atom stereocenters. The summed E-state index contributed by atoms with van der Waals surface area (Å²) in [6.45, 7) is 5.56. The maximum Gasteiger partial charge on any atom is 0.472 e. The van der Waals surface area contributed by atoms with E-state index in [1.807, 2.05) is 21.1 Å². The van der Waals surface area contributed by atoms with Crippen LogP contribution in [-0.2, 0) is 27.9 Å². The number of quaternary nitrogens is 1. The first-order valence-electron chi connectivity index (χ1n) is 28.4. The summed E-state index contributed by atoms with van der Waals surface area (Å²) in [5.41, 5.74) is 0. The SMILES string of the molecule is CC/C=C\C/C=C\C/C=C\C/C=C\CCCCCCCCCCCCCCCOCC(COP(=O)(O)OCC[N+](C)(C)C)OC(=O)CCCCCCCCCCCCCCCCCCCCC. The van der Waals surface area contributed by atoms with Crippen LogP contribution in [0.5, 0.6) is 0 Å². The number of phosphoric ester groups is 1. The molecule has 394 valence electrons. The lowest BCUT2D eigenvalue weighted by Gasteiger charge is -2.24. The van der Waals surface area contributed by atoms with Crippen LogP contribution in [-0.4, -0.2) is 75.6 Å². The van der Waals surface area contributed by atoms with Crippen molar-refractivity contribution in [1.29, 1.82) is 0 Å². The molecule has 0 spiro atoms. The van der Waals surface area contributed by atoms with E-state index in [2.05, 4.69) is 62.5 Å². The van der Waals surface area contributed by atoms with Crippen molar-refractivity contribution in [2.24, 2.45) is 0 Å². The number of likely N-dealkylation sites (N-methyl/N-ethyl adjacent to an activating group) is 1. The van der Waals surface area contributed by atoms with Crippen molar-refractivity contribution >= 4 is 13.8 Å². The lowest BCUT2D eigenvalue weighted by molar-refractivity contribution is -0.870. The molecule has 0 saturated heterocycles. The summed E-state index contributed by atoms with van der Waals surface area (Å²) in [5, 5.41) is 0. The summed E-state index contributed by atoms with van der Waals surface area (Å²) in [5.74, 6) is -0.309. The van der Waals surface area contributed by atoms with E-state index in [1.165, 1.54) is 180 Å². The molecule has 67 heavy (non-hydrogen) atoms. The summed E-state index contributed by atoms with van der Waals surface area (Å²) in [6, 6.07) is 0. The summed E-state index contributed by atoms with van der Waals surface area (Å²) < 4.78 is 35.3. The van der Waals surface area contributed by atoms with Gasteiger partial charge in [-0.25, -0.2) is 4.57 Å². The molecule has 1 N–H and O–H groups in total. The van der Waals surface area contributed by atoms with Gasteiger partial charge in [0.1, 0.15) is 19.3 Å². The van der Waals surface area contributed by atoms with Crippen molar-refractivity contribution in [3.8, 4) is 0 Å². The average molecular weight is 965 g/mol. The highest BCUT2D eigenvalue weighted by molar-refractivity contribution is 7.47. The van der Waals surface area contributed by atoms with Gasteiger partial charge in [0.15, 0.2) is 0 Å². The Morgan fingerprint density at radius 3 is 1.30 bits per heavy atom. The molecule has 0 aliphatic carbocycles. The maximum atomic E-state index is 12.8. The number of ether oxygens (including phenoxy) is 2. The third-order valence-electron chi connectivity index (χ3n) is 12.4. The molecule has 0 fully saturated rings. The van der Waals surface area contributed by atoms with Crippen LogP contribution in [0.4, 0.5) is 0 Å². The Bertz CT molecular complexity index is 1210. The zero-order chi connectivity index (χ0) is 49.0. The Balaban J connectivity index is 4.04. The third-order valence-corrected chi connectivity index (χ3v) is 13.4. The minimum Gasteiger partial charge on any atom is -0.457 e. The fourth-order valence-corrected chi connectivity index (χ4v) is 8.82. The number of carbonyl (C=O) groups excluding carboxylic acids is 1. The molecule has 2 atom stereocenters. The monoisotopic (exact) mass is 965 g/mol. The highest BCUT2D eigenvalue weighted by Crippen LogP contribution is 2.43. The second kappa shape index (κ2) is 50.8. The molecular weight excluding hydrogens is 854 g/mol. The van der Waals surface area contributed by atoms with Gasteiger partial charge in [-0.3, -0.25) is 13.8 Å². The minimum atomic E-state index is -4.28. The Hall–Kier alpha value is -1.54. The van der Waals surface area contributed by atoms with Crippen molar-refractivity contribution < 1.29 is 37.3 Å². The predicted molar refractivity (Wildman–Crippen MR) is 289 cm³/mol. The summed E-state index contributed by atoms with van der Waals surface area (Å²) in [4.78, 5) is 23.1. The summed E-state index contributed by atoms with van der Waals surface area (Å²) in [7, 11) is 1.68. The number of rotatable bonds is 53. The van der Waals surface area contributed by atoms with Crippen LogP contribution in [0.2, 0.25) is 0 Å². The Labute approximate surface area is 416 Å². The molecule has 0 aliphatic rings. The number of hydrogen-bond donors (Lipinski definition) is 1. The maximum absolute atomic E-state index is 12.8. The summed E-state index contributed by atoms with van der Waals surface area (Å²) in [6.07, 6.45) is 64.6. The first-order chi connectivity index (χ1) is 32.6. The van der Waals surface area contributed by atoms with E-state index in [1.54, 1.807) is 0 Å². The van der Waals surface area contributed by atoms with Crippen LogP contribution in [0.15, 0.2) is 48.6 Å². The van der Waals surface area contributed by atoms with Crippen LogP contribution >= 0.6 is 7.82 Å². The van der Waals surface area contributed by atoms with E-state index in [0.29, 0.717) is 24.1 Å². The molecule has 0 amide bonds. The minimum absolute atomic E-state index is 0.0895. The molecule has 0 aliphatic heterocycles. The van der Waals surface area contributed by atoms with Crippen molar-refractivity contribution in [3.05, 3.63) is 48.6 Å². The smallest absolute Gasteiger partial charge is 0.457 e. The molecule has 0 bridgehead atoms. The fourth-order valence-electron chi connectivity index (χ4n) is 8.08. The molecule has 0 saturated carbocycles. The van der Waals surface area contributed by atoms with Crippen LogP contribution < -0.4 is 0 Å². The Morgan fingerprint density at radius 1 is 0.478 bits per heavy atom. The zero-order valence-electron chi connectivity index (χ0n) is 44.9. The van der Waals surface area contributed by atoms with Gasteiger partial charge in [-0.05, 0) is 51.4 Å². The second-order valence-electron chi connectivity index (χ2n) is 20.3. The number of carbonyl (C=O) groups is 1. The Kier molecular flexibility index (Phi) is 49.7. The van der Waals surface area contributed by atoms with Gasteiger partial charge in [0.2, 0.25) is 0 Å². The average Bonchev–Trinajstić information content (AvgIpc) is 3.29. The van der Waals surface area contributed by atoms with Gasteiger partial charge in [0.05, 0.1) is 34.4 Å². The van der Waals surface area contributed by atoms with Crippen molar-refractivity contribution in [2.75, 3.05) is 54.1 Å². The van der Waals surface area contributed by atoms with E-state index in [4.69, 9.17) is 18.5 Å². The molecule has 0 radical (unpaired) electrons. The van der Waals surface area contributed by atoms with E-state index in [9.17, 15) is 14.3 Å². The normalized spacial score (nSPS) is 13.8. The van der Waals surface area contributed by atoms with Crippen molar-refractivity contribution in [2.45, 2.75) is 264 Å². The molecule has 9 heteroatoms. The molecule has 0 aromatic carbocycles. The van der Waals surface area contributed by atoms with Gasteiger partial charge >= 0.3 is 13.8 Å². The quantitative estimate of drug-likeness (QED) is 0.0213. The number of unbranched alkanes of at least 4 members (excludes halogenated alkanes) is 31. The van der Waals surface area contributed by atoms with Crippen molar-refractivity contribution in [1.82, 2.24) is 0 Å². The standard InChI is InChI=1S/C58H110NO7P/c1-6-8-10-12-14-16-18-20-22-24-26-27-28-29-30-31-32-34-36-38-40-42-44-46-48-50-53-63-55-57(56-65-67(61,62)64-54-52-59(3,4)5)66-58(60)51-49-47-45-43-41-39-37-35-33-25-23-21-19-17-15-13-11-9-7-2/h8,10,14,16,20,22,26-27,57H,6-7,9,11-13,15,17-19,21,23-25,28-56H2,1-5H3/p+1/b10-8-,16-14-,22-20-,27-26-. The number of nitrogens with zero attached hydrogens (tertiary/aromatic N) is 1. The predicted octanol–water partition coefficient (Wildman–Crippen LogP) is 17.8. The largest absolute Gasteiger partial charge is 0.472 e. The van der Waals surface area contributed by atoms with E-state index >= 15 is 0 Å². The molecule has 0 heterocycles. The lowest BCUT2D eigenvalue weighted by atomic mass is 10.0. The Morgan fingerprint density at radius 2 is 0.866 bits per heavy atom. The number of phosphoric acid groups is 1. The molecule has 8 nitrogen and oxygen atoms in total. The van der Waals surface area contributed by atoms with Crippen LogP contribution in [0, 0.1) is 0 Å². The van der Waals surface area contributed by atoms with Gasteiger partial charge in [-0.15, -0.1) is 0 Å². The van der Waals surface area contributed by atoms with Gasteiger partial charge in [0, 0.05) is 13.0 Å². The van der Waals surface area contributed by atoms with Crippen LogP contribution in [0.1, 0.15) is 258 Å². The number of allylic oxidation sites excluding steroid dienone is 8. The number of esters is 1. The van der Waals surface area contributed by atoms with Gasteiger partial charge < -0.3 is 18.9 Å². The van der Waals surface area contributed by atoms with Crippen LogP contribution in [0.25, 0.3) is 0 Å². The van der Waals surface area contributed by atoms with Crippen LogP contribution in [0.3, 0.4) is 0 Å². The number of hydrogen-bond acceptors (Lipinski definition) is 6. The fraction of sp³-hybridized carbons (Fsp3) is 0.845. The van der Waals surface area contributed by atoms with Gasteiger partial charge in [-0.2, -0.15) is 0 Å². The van der Waals surface area contributed by atoms with E-state index in [-0.39, 0.29) is 25.8 Å². The van der Waals surface area contributed by atoms with Gasteiger partial charge in [0.25, 0.3) is 0 Å². The van der Waals surface area contributed by atoms with E-state index in [0.717, 1.165) is 57.8 Å². The van der Waals surface area contributed by atoms with Gasteiger partial charge in [-0.1, -0.05) is 249 Å². The molecule has 0 rings (SSSR count). The lowest BCUT2D eigenvalue weighted by Crippen LogP contribution is -2.37. The second-order valence-corrected chi connectivity index (χ2v) is 21.8. The highest BCUT2D eigenvalue weighted by atomic mass is 31.2. The summed E-state index contributed by atoms with van der Waals surface area (Å²) >= 11 is 0. The topological polar surface area (TPSA) is 91.3 Å². The first-order valence-corrected chi connectivity index (χ1v) is 29.9. The molecule has 0 aromatic rings. The van der Waals surface area contributed by atoms with Crippen molar-refractivity contribution in [3.63, 3.8) is 0 Å². The zero-order valence-corrected chi connectivity index (χ0v) is 45.8. The molecular formula is C58H111NO7P+. The molecule has 0 aromatic heterocycles. The first kappa shape index (κ1) is 65.5. The third kappa shape index (κ3) is 55.3. The highest BCUT2D eigenvalue weighted by Gasteiger charge is 2.26. The van der Waals surface area contributed by atoms with E-state index < -0.39 is 13.9 Å².